The Morgan fingerprint density at radius 1 is 1.21 bits per heavy atom. The number of alkyl halides is 1. The van der Waals surface area contributed by atoms with Crippen LogP contribution in [0.1, 0.15) is 17.0 Å². The summed E-state index contributed by atoms with van der Waals surface area (Å²) in [5.41, 5.74) is 2.50. The van der Waals surface area contributed by atoms with Gasteiger partial charge in [-0.1, -0.05) is 53.7 Å². The number of aryl methyl sites for hydroxylation is 1. The van der Waals surface area contributed by atoms with Crippen LogP contribution >= 0.6 is 0 Å². The fourth-order valence-corrected chi connectivity index (χ4v) is 3.77. The quantitative estimate of drug-likeness (QED) is 0.535. The van der Waals surface area contributed by atoms with Gasteiger partial charge in [-0.05, 0) is 47.4 Å². The number of halogens is 1. The first-order valence-corrected chi connectivity index (χ1v) is 10.3. The Morgan fingerprint density at radius 3 is 2.79 bits per heavy atom. The van der Waals surface area contributed by atoms with Crippen molar-refractivity contribution in [1.82, 2.24) is 10.1 Å². The largest absolute Gasteiger partial charge is 0.480 e. The molecule has 170 valence electrons. The van der Waals surface area contributed by atoms with E-state index in [1.165, 1.54) is 18.2 Å². The zero-order chi connectivity index (χ0) is 23.4. The molecule has 0 amide bonds. The van der Waals surface area contributed by atoms with Crippen LogP contribution in [0.4, 0.5) is 4.39 Å². The van der Waals surface area contributed by atoms with Crippen LogP contribution in [0.3, 0.4) is 0 Å². The number of ether oxygens (including phenoxy) is 2. The van der Waals surface area contributed by atoms with Gasteiger partial charge in [0.2, 0.25) is 11.5 Å². The van der Waals surface area contributed by atoms with Crippen LogP contribution in [0.5, 0.6) is 0 Å². The second-order valence-corrected chi connectivity index (χ2v) is 7.68. The van der Waals surface area contributed by atoms with Crippen LogP contribution < -0.4 is 0 Å². The van der Waals surface area contributed by atoms with Gasteiger partial charge in [0.05, 0.1) is 6.61 Å². The van der Waals surface area contributed by atoms with Crippen LogP contribution in [0.2, 0.25) is 0 Å². The van der Waals surface area contributed by atoms with Gasteiger partial charge in [0.1, 0.15) is 12.7 Å². The minimum Gasteiger partial charge on any atom is -0.480 e. The van der Waals surface area contributed by atoms with E-state index in [1.807, 2.05) is 49.4 Å². The Labute approximate surface area is 190 Å². The summed E-state index contributed by atoms with van der Waals surface area (Å²) in [6, 6.07) is 13.7. The molecule has 2 atom stereocenters. The second-order valence-electron chi connectivity index (χ2n) is 7.68. The Balaban J connectivity index is 1.67. The molecular weight excluding hydrogens is 427 g/mol. The molecular formula is C25H23FN2O5. The van der Waals surface area contributed by atoms with Gasteiger partial charge in [0.25, 0.3) is 5.89 Å². The molecule has 0 saturated carbocycles. The lowest BCUT2D eigenvalue weighted by Gasteiger charge is -2.27. The molecule has 0 spiro atoms. The lowest BCUT2D eigenvalue weighted by atomic mass is 9.93. The van der Waals surface area contributed by atoms with E-state index in [0.29, 0.717) is 12.2 Å². The summed E-state index contributed by atoms with van der Waals surface area (Å²) in [4.78, 5) is 15.1. The minimum atomic E-state index is -2.26. The fourth-order valence-electron chi connectivity index (χ4n) is 3.77. The molecule has 2 aromatic carbocycles. The molecule has 1 aromatic heterocycles. The van der Waals surface area contributed by atoms with Gasteiger partial charge in [-0.15, -0.1) is 0 Å². The molecule has 0 saturated heterocycles. The third-order valence-corrected chi connectivity index (χ3v) is 5.39. The highest BCUT2D eigenvalue weighted by molar-refractivity contribution is 5.73. The molecule has 0 fully saturated rings. The monoisotopic (exact) mass is 450 g/mol. The summed E-state index contributed by atoms with van der Waals surface area (Å²) in [6.07, 6.45) is 4.52. The van der Waals surface area contributed by atoms with Gasteiger partial charge in [-0.25, -0.2) is 9.18 Å². The Hall–Kier alpha value is -3.62. The molecule has 0 aliphatic heterocycles. The normalized spacial score (nSPS) is 19.7. The third-order valence-electron chi connectivity index (χ3n) is 5.39. The minimum absolute atomic E-state index is 0.135. The number of carbonyl (C=O) groups is 1. The lowest BCUT2D eigenvalue weighted by molar-refractivity contribution is -0.145. The highest BCUT2D eigenvalue weighted by Gasteiger charge is 2.44. The van der Waals surface area contributed by atoms with Crippen molar-refractivity contribution in [2.24, 2.45) is 0 Å². The van der Waals surface area contributed by atoms with E-state index in [4.69, 9.17) is 19.1 Å². The summed E-state index contributed by atoms with van der Waals surface area (Å²) in [6.45, 7) is 1.75. The average molecular weight is 450 g/mol. The van der Waals surface area contributed by atoms with Crippen LogP contribution in [-0.4, -0.2) is 41.0 Å². The van der Waals surface area contributed by atoms with Crippen molar-refractivity contribution >= 4 is 5.97 Å². The van der Waals surface area contributed by atoms with Crippen LogP contribution in [0.25, 0.3) is 22.6 Å². The smallest absolute Gasteiger partial charge is 0.329 e. The Bertz CT molecular complexity index is 1220. The number of rotatable bonds is 8. The van der Waals surface area contributed by atoms with E-state index in [1.54, 1.807) is 13.2 Å². The lowest BCUT2D eigenvalue weighted by Crippen LogP contribution is -2.37. The van der Waals surface area contributed by atoms with E-state index in [0.717, 1.165) is 22.3 Å². The molecule has 7 nitrogen and oxygen atoms in total. The number of carboxylic acids is 1. The summed E-state index contributed by atoms with van der Waals surface area (Å²) in [5.74, 6) is -1.31. The predicted octanol–water partition coefficient (Wildman–Crippen LogP) is 4.62. The van der Waals surface area contributed by atoms with Gasteiger partial charge in [-0.3, -0.25) is 0 Å². The molecule has 1 heterocycles. The first kappa shape index (κ1) is 22.6. The number of hydrogen-bond acceptors (Lipinski definition) is 6. The topological polar surface area (TPSA) is 94.7 Å². The molecule has 2 unspecified atom stereocenters. The van der Waals surface area contributed by atoms with E-state index in [-0.39, 0.29) is 11.7 Å². The van der Waals surface area contributed by atoms with Crippen molar-refractivity contribution in [2.45, 2.75) is 25.3 Å². The zero-order valence-electron chi connectivity index (χ0n) is 18.2. The highest BCUT2D eigenvalue weighted by atomic mass is 19.1. The number of methoxy groups -OCH3 is 1. The molecule has 1 aliphatic rings. The average Bonchev–Trinajstić information content (AvgIpc) is 3.30. The molecule has 4 rings (SSSR count). The van der Waals surface area contributed by atoms with E-state index in [9.17, 15) is 4.79 Å². The summed E-state index contributed by atoms with van der Waals surface area (Å²) in [7, 11) is 1.62. The second kappa shape index (κ2) is 9.48. The maximum Gasteiger partial charge on any atom is 0.329 e. The number of aromatic nitrogens is 2. The highest BCUT2D eigenvalue weighted by Crippen LogP contribution is 2.36. The number of hydrogen-bond donors (Lipinski definition) is 1. The maximum absolute atomic E-state index is 15.8. The van der Waals surface area contributed by atoms with E-state index >= 15 is 4.39 Å². The number of nitrogens with zero attached hydrogens (tertiary/aromatic N) is 2. The van der Waals surface area contributed by atoms with Gasteiger partial charge < -0.3 is 19.1 Å². The summed E-state index contributed by atoms with van der Waals surface area (Å²) >= 11 is 0. The number of aliphatic carboxylic acids is 1. The maximum atomic E-state index is 15.8. The molecule has 33 heavy (non-hydrogen) atoms. The molecule has 1 aliphatic carbocycles. The van der Waals surface area contributed by atoms with Crippen molar-refractivity contribution in [3.63, 3.8) is 0 Å². The first-order valence-electron chi connectivity index (χ1n) is 10.3. The predicted molar refractivity (Wildman–Crippen MR) is 119 cm³/mol. The van der Waals surface area contributed by atoms with Crippen molar-refractivity contribution < 1.29 is 28.3 Å². The van der Waals surface area contributed by atoms with Gasteiger partial charge in [0, 0.05) is 12.7 Å². The van der Waals surface area contributed by atoms with Crippen molar-refractivity contribution in [3.05, 3.63) is 83.7 Å². The number of allylic oxidation sites excluding steroid dienone is 2. The first-order chi connectivity index (χ1) is 15.9. The van der Waals surface area contributed by atoms with Crippen LogP contribution in [0.15, 0.2) is 71.3 Å². The Morgan fingerprint density at radius 2 is 2.03 bits per heavy atom. The SMILES string of the molecule is COCc1cc(-c2nc(C3(F)C=CC=CC3OCC(=O)O)no2)ccc1-c1ccccc1C. The third kappa shape index (κ3) is 4.62. The van der Waals surface area contributed by atoms with Crippen LogP contribution in [-0.2, 0) is 26.5 Å². The molecule has 0 radical (unpaired) electrons. The van der Waals surface area contributed by atoms with E-state index < -0.39 is 24.3 Å². The van der Waals surface area contributed by atoms with Gasteiger partial charge in [-0.2, -0.15) is 4.98 Å². The number of carboxylic acid groups (broad SMARTS) is 1. The number of benzene rings is 2. The fraction of sp³-hybridized carbons (Fsp3) is 0.240. The molecule has 3 aromatic rings. The van der Waals surface area contributed by atoms with Crippen molar-refractivity contribution in [3.8, 4) is 22.6 Å². The van der Waals surface area contributed by atoms with Gasteiger partial charge >= 0.3 is 5.97 Å². The van der Waals surface area contributed by atoms with Crippen molar-refractivity contribution in [1.29, 1.82) is 0 Å². The van der Waals surface area contributed by atoms with Crippen molar-refractivity contribution in [2.75, 3.05) is 13.7 Å². The summed E-state index contributed by atoms with van der Waals surface area (Å²) < 4.78 is 31.8. The standard InChI is InChI=1S/C25H23FN2O5/c1-16-7-3-4-8-19(16)20-11-10-17(13-18(20)14-31-2)23-27-24(28-33-23)25(26)12-6-5-9-21(25)32-15-22(29)30/h3-13,21H,14-15H2,1-2H3,(H,29,30). The van der Waals surface area contributed by atoms with Crippen LogP contribution in [0, 0.1) is 6.92 Å². The molecule has 0 bridgehead atoms. The Kier molecular flexibility index (Phi) is 6.48. The van der Waals surface area contributed by atoms with E-state index in [2.05, 4.69) is 10.1 Å². The van der Waals surface area contributed by atoms with Gasteiger partial charge in [0.15, 0.2) is 0 Å². The zero-order valence-corrected chi connectivity index (χ0v) is 18.2. The summed E-state index contributed by atoms with van der Waals surface area (Å²) in [5, 5.41) is 12.7. The molecule has 1 N–H and O–H groups in total. The molecule has 8 heteroatoms.